The second-order valence-corrected chi connectivity index (χ2v) is 7.38. The van der Waals surface area contributed by atoms with E-state index in [-0.39, 0.29) is 5.97 Å². The molecular weight excluding hydrogens is 406 g/mol. The number of aryl methyl sites for hydroxylation is 1. The van der Waals surface area contributed by atoms with Crippen molar-refractivity contribution in [2.45, 2.75) is 31.8 Å². The molecule has 0 saturated carbocycles. The molecule has 2 aromatic heterocycles. The van der Waals surface area contributed by atoms with Crippen molar-refractivity contribution in [2.75, 3.05) is 26.6 Å². The number of aromatic nitrogens is 3. The van der Waals surface area contributed by atoms with Crippen LogP contribution < -0.4 is 9.47 Å². The average molecular weight is 432 g/mol. The largest absolute Gasteiger partial charge is 0.494 e. The maximum Gasteiger partial charge on any atom is 0.305 e. The molecule has 0 atom stereocenters. The van der Waals surface area contributed by atoms with Crippen molar-refractivity contribution >= 4 is 17.7 Å². The van der Waals surface area contributed by atoms with Gasteiger partial charge in [-0.1, -0.05) is 17.8 Å². The van der Waals surface area contributed by atoms with Gasteiger partial charge in [0.25, 0.3) is 0 Å². The lowest BCUT2D eigenvalue weighted by molar-refractivity contribution is -0.143. The molecule has 1 aromatic carbocycles. The van der Waals surface area contributed by atoms with Crippen LogP contribution in [-0.4, -0.2) is 47.3 Å². The number of esters is 1. The van der Waals surface area contributed by atoms with Crippen LogP contribution in [-0.2, 0) is 9.53 Å². The van der Waals surface area contributed by atoms with Gasteiger partial charge in [0.1, 0.15) is 22.9 Å². The molecule has 0 aliphatic rings. The quantitative estimate of drug-likeness (QED) is 0.267. The van der Waals surface area contributed by atoms with Gasteiger partial charge in [-0.25, -0.2) is 0 Å². The second-order valence-electron chi connectivity index (χ2n) is 6.32. The van der Waals surface area contributed by atoms with Crippen LogP contribution in [0.1, 0.15) is 25.5 Å². The lowest BCUT2D eigenvalue weighted by atomic mass is 10.2. The molecule has 3 rings (SSSR count). The van der Waals surface area contributed by atoms with Crippen molar-refractivity contribution in [1.82, 2.24) is 14.8 Å². The summed E-state index contributed by atoms with van der Waals surface area (Å²) in [6.45, 7) is 4.06. The van der Waals surface area contributed by atoms with Gasteiger partial charge in [-0.3, -0.25) is 9.36 Å². The average Bonchev–Trinajstić information content (AvgIpc) is 3.36. The molecule has 0 N–H and O–H groups in total. The number of hydrogen-bond acceptors (Lipinski definition) is 8. The smallest absolute Gasteiger partial charge is 0.305 e. The molecular formula is C21H25N3O5S. The molecule has 8 nitrogen and oxygen atoms in total. The van der Waals surface area contributed by atoms with Crippen LogP contribution in [0.5, 0.6) is 11.5 Å². The van der Waals surface area contributed by atoms with Crippen molar-refractivity contribution in [2.24, 2.45) is 0 Å². The van der Waals surface area contributed by atoms with E-state index in [0.717, 1.165) is 5.76 Å². The molecule has 30 heavy (non-hydrogen) atoms. The molecule has 0 unspecified atom stereocenters. The van der Waals surface area contributed by atoms with E-state index in [1.807, 2.05) is 41.8 Å². The van der Waals surface area contributed by atoms with Crippen molar-refractivity contribution in [3.8, 4) is 28.8 Å². The number of rotatable bonds is 10. The molecule has 0 spiro atoms. The topological polar surface area (TPSA) is 88.6 Å². The minimum Gasteiger partial charge on any atom is -0.494 e. The first-order valence-corrected chi connectivity index (χ1v) is 10.6. The molecule has 0 aliphatic carbocycles. The van der Waals surface area contributed by atoms with Crippen LogP contribution in [0.4, 0.5) is 0 Å². The lowest BCUT2D eigenvalue weighted by Crippen LogP contribution is -2.06. The van der Waals surface area contributed by atoms with Gasteiger partial charge in [-0.05, 0) is 44.5 Å². The highest BCUT2D eigenvalue weighted by Crippen LogP contribution is 2.38. The van der Waals surface area contributed by atoms with E-state index in [1.54, 1.807) is 21.1 Å². The van der Waals surface area contributed by atoms with E-state index in [4.69, 9.17) is 18.6 Å². The lowest BCUT2D eigenvalue weighted by Gasteiger charge is -2.16. The second kappa shape index (κ2) is 10.2. The number of carbonyl (C=O) groups is 1. The minimum atomic E-state index is -0.197. The minimum absolute atomic E-state index is 0.197. The molecule has 0 aliphatic heterocycles. The third kappa shape index (κ3) is 4.79. The predicted octanol–water partition coefficient (Wildman–Crippen LogP) is 4.29. The Labute approximate surface area is 179 Å². The summed E-state index contributed by atoms with van der Waals surface area (Å²) in [5.41, 5.74) is 0.685. The predicted molar refractivity (Wildman–Crippen MR) is 113 cm³/mol. The van der Waals surface area contributed by atoms with Crippen LogP contribution in [0, 0.1) is 6.92 Å². The van der Waals surface area contributed by atoms with E-state index < -0.39 is 0 Å². The van der Waals surface area contributed by atoms with Gasteiger partial charge in [0.2, 0.25) is 5.82 Å². The van der Waals surface area contributed by atoms with Crippen LogP contribution in [0.15, 0.2) is 39.9 Å². The van der Waals surface area contributed by atoms with E-state index >= 15 is 0 Å². The monoisotopic (exact) mass is 431 g/mol. The number of para-hydroxylation sites is 1. The summed E-state index contributed by atoms with van der Waals surface area (Å²) in [7, 11) is 3.21. The Kier molecular flexibility index (Phi) is 7.40. The number of carbonyl (C=O) groups excluding carboxylic acids is 1. The first-order chi connectivity index (χ1) is 14.6. The van der Waals surface area contributed by atoms with Crippen molar-refractivity contribution in [3.05, 3.63) is 36.1 Å². The van der Waals surface area contributed by atoms with Gasteiger partial charge in [0.15, 0.2) is 10.9 Å². The van der Waals surface area contributed by atoms with Gasteiger partial charge in [0.05, 0.1) is 20.8 Å². The first kappa shape index (κ1) is 21.8. The normalized spacial score (nSPS) is 10.8. The highest BCUT2D eigenvalue weighted by molar-refractivity contribution is 7.99. The van der Waals surface area contributed by atoms with Crippen LogP contribution in [0.3, 0.4) is 0 Å². The fourth-order valence-electron chi connectivity index (χ4n) is 2.94. The Bertz CT molecular complexity index is 976. The Morgan fingerprint density at radius 3 is 2.47 bits per heavy atom. The number of nitrogens with zero attached hydrogens (tertiary/aromatic N) is 3. The maximum absolute atomic E-state index is 11.6. The van der Waals surface area contributed by atoms with Crippen LogP contribution in [0.25, 0.3) is 17.3 Å². The van der Waals surface area contributed by atoms with Crippen molar-refractivity contribution in [3.63, 3.8) is 0 Å². The highest BCUT2D eigenvalue weighted by Gasteiger charge is 2.24. The van der Waals surface area contributed by atoms with Gasteiger partial charge >= 0.3 is 5.97 Å². The molecule has 9 heteroatoms. The molecule has 2 heterocycles. The molecule has 0 saturated heterocycles. The number of hydrogen-bond donors (Lipinski definition) is 0. The highest BCUT2D eigenvalue weighted by atomic mass is 32.2. The molecule has 0 fully saturated rings. The zero-order valence-corrected chi connectivity index (χ0v) is 18.3. The fourth-order valence-corrected chi connectivity index (χ4v) is 3.82. The zero-order valence-electron chi connectivity index (χ0n) is 17.5. The van der Waals surface area contributed by atoms with E-state index in [1.165, 1.54) is 11.8 Å². The maximum atomic E-state index is 11.6. The summed E-state index contributed by atoms with van der Waals surface area (Å²) in [5.74, 6) is 3.61. The summed E-state index contributed by atoms with van der Waals surface area (Å²) in [6, 6.07) is 9.29. The van der Waals surface area contributed by atoms with Gasteiger partial charge in [-0.2, -0.15) is 0 Å². The summed E-state index contributed by atoms with van der Waals surface area (Å²) < 4.78 is 23.8. The fraction of sp³-hybridized carbons (Fsp3) is 0.381. The number of furan rings is 1. The molecule has 0 radical (unpaired) electrons. The van der Waals surface area contributed by atoms with E-state index in [9.17, 15) is 4.79 Å². The molecule has 0 amide bonds. The Morgan fingerprint density at radius 2 is 1.87 bits per heavy atom. The van der Waals surface area contributed by atoms with Gasteiger partial charge in [-0.15, -0.1) is 10.2 Å². The SMILES string of the molecule is CCOC(=O)CCCSc1nnc(-c2ccc(C)o2)n1-c1c(OC)cccc1OC. The third-order valence-electron chi connectivity index (χ3n) is 4.28. The number of methoxy groups -OCH3 is 2. The standard InChI is InChI=1S/C21H25N3O5S/c1-5-28-18(25)10-7-13-30-21-23-22-20(17-12-11-14(2)29-17)24(21)19-15(26-3)8-6-9-16(19)27-4/h6,8-9,11-12H,5,7,10,13H2,1-4H3. The third-order valence-corrected chi connectivity index (χ3v) is 5.30. The van der Waals surface area contributed by atoms with Crippen molar-refractivity contribution < 1.29 is 23.4 Å². The number of thioether (sulfide) groups is 1. The number of ether oxygens (including phenoxy) is 3. The first-order valence-electron chi connectivity index (χ1n) is 9.61. The van der Waals surface area contributed by atoms with Crippen molar-refractivity contribution in [1.29, 1.82) is 0 Å². The Balaban J connectivity index is 1.97. The van der Waals surface area contributed by atoms with E-state index in [0.29, 0.717) is 59.1 Å². The van der Waals surface area contributed by atoms with Crippen LogP contribution >= 0.6 is 11.8 Å². The summed E-state index contributed by atoms with van der Waals surface area (Å²) >= 11 is 1.49. The Hall–Kier alpha value is -2.94. The summed E-state index contributed by atoms with van der Waals surface area (Å²) in [6.07, 6.45) is 1.02. The molecule has 3 aromatic rings. The number of benzene rings is 1. The molecule has 160 valence electrons. The Morgan fingerprint density at radius 1 is 1.13 bits per heavy atom. The van der Waals surface area contributed by atoms with Gasteiger partial charge in [0, 0.05) is 12.2 Å². The zero-order chi connectivity index (χ0) is 21.5. The van der Waals surface area contributed by atoms with Gasteiger partial charge < -0.3 is 18.6 Å². The van der Waals surface area contributed by atoms with Crippen LogP contribution in [0.2, 0.25) is 0 Å². The summed E-state index contributed by atoms with van der Waals surface area (Å²) in [4.78, 5) is 11.6. The van der Waals surface area contributed by atoms with E-state index in [2.05, 4.69) is 10.2 Å². The molecule has 0 bridgehead atoms. The summed E-state index contributed by atoms with van der Waals surface area (Å²) in [5, 5.41) is 9.38.